The maximum absolute atomic E-state index is 12.7. The number of ketones is 1. The van der Waals surface area contributed by atoms with Gasteiger partial charge in [-0.2, -0.15) is 13.2 Å². The molecule has 98 valence electrons. The van der Waals surface area contributed by atoms with Crippen LogP contribution in [-0.2, 0) is 6.18 Å². The zero-order valence-corrected chi connectivity index (χ0v) is 10.2. The lowest BCUT2D eigenvalue weighted by atomic mass is 10.0. The van der Waals surface area contributed by atoms with Crippen molar-refractivity contribution < 1.29 is 18.0 Å². The molecule has 1 aromatic heterocycles. The Balaban J connectivity index is 2.45. The molecule has 1 heterocycles. The molecule has 0 aliphatic heterocycles. The van der Waals surface area contributed by atoms with E-state index in [1.165, 1.54) is 30.6 Å². The smallest absolute Gasteiger partial charge is 0.289 e. The Morgan fingerprint density at radius 2 is 1.68 bits per heavy atom. The van der Waals surface area contributed by atoms with Crippen LogP contribution in [0.3, 0.4) is 0 Å². The van der Waals surface area contributed by atoms with Crippen LogP contribution in [0.5, 0.6) is 0 Å². The molecule has 1 aromatic carbocycles. The zero-order chi connectivity index (χ0) is 14.0. The number of hydrogen-bond acceptors (Lipinski definition) is 2. The minimum atomic E-state index is -4.59. The number of aromatic nitrogens is 1. The minimum Gasteiger partial charge on any atom is -0.289 e. The molecule has 0 unspecified atom stereocenters. The first-order valence-corrected chi connectivity index (χ1v) is 5.59. The third-order valence-corrected chi connectivity index (χ3v) is 2.81. The molecule has 0 saturated heterocycles. The summed E-state index contributed by atoms with van der Waals surface area (Å²) in [5.41, 5.74) is -0.817. The summed E-state index contributed by atoms with van der Waals surface area (Å²) < 4.78 is 38.1. The molecule has 2 rings (SSSR count). The van der Waals surface area contributed by atoms with Crippen LogP contribution in [0.15, 0.2) is 42.7 Å². The van der Waals surface area contributed by atoms with Crippen molar-refractivity contribution in [2.45, 2.75) is 6.18 Å². The van der Waals surface area contributed by atoms with Crippen LogP contribution in [-0.4, -0.2) is 10.8 Å². The highest BCUT2D eigenvalue weighted by molar-refractivity contribution is 6.31. The lowest BCUT2D eigenvalue weighted by Gasteiger charge is -2.10. The van der Waals surface area contributed by atoms with E-state index in [1.54, 1.807) is 0 Å². The van der Waals surface area contributed by atoms with Crippen molar-refractivity contribution >= 4 is 17.4 Å². The number of alkyl halides is 3. The average molecular weight is 286 g/mol. The highest BCUT2D eigenvalue weighted by Gasteiger charge is 2.33. The van der Waals surface area contributed by atoms with Crippen LogP contribution in [0.2, 0.25) is 5.02 Å². The van der Waals surface area contributed by atoms with E-state index in [9.17, 15) is 18.0 Å². The van der Waals surface area contributed by atoms with Gasteiger partial charge in [0.25, 0.3) is 0 Å². The second kappa shape index (κ2) is 5.01. The van der Waals surface area contributed by atoms with Gasteiger partial charge in [0.15, 0.2) is 5.78 Å². The van der Waals surface area contributed by atoms with Crippen molar-refractivity contribution in [1.82, 2.24) is 4.98 Å². The summed E-state index contributed by atoms with van der Waals surface area (Å²) in [7, 11) is 0. The van der Waals surface area contributed by atoms with E-state index in [0.29, 0.717) is 0 Å². The molecule has 0 amide bonds. The summed E-state index contributed by atoms with van der Waals surface area (Å²) in [5, 5.41) is -0.432. The normalized spacial score (nSPS) is 11.4. The van der Waals surface area contributed by atoms with Crippen LogP contribution >= 0.6 is 11.6 Å². The van der Waals surface area contributed by atoms with Gasteiger partial charge in [-0.3, -0.25) is 9.78 Å². The van der Waals surface area contributed by atoms with Gasteiger partial charge in [-0.1, -0.05) is 11.6 Å². The quantitative estimate of drug-likeness (QED) is 0.781. The van der Waals surface area contributed by atoms with Gasteiger partial charge in [-0.15, -0.1) is 0 Å². The fourth-order valence-corrected chi connectivity index (χ4v) is 1.78. The molecule has 19 heavy (non-hydrogen) atoms. The maximum Gasteiger partial charge on any atom is 0.417 e. The molecule has 0 N–H and O–H groups in total. The summed E-state index contributed by atoms with van der Waals surface area (Å²) in [6.45, 7) is 0. The Labute approximate surface area is 111 Å². The molecule has 0 aliphatic rings. The Morgan fingerprint density at radius 3 is 2.26 bits per heavy atom. The van der Waals surface area contributed by atoms with Crippen LogP contribution < -0.4 is 0 Å². The highest BCUT2D eigenvalue weighted by atomic mass is 35.5. The second-order valence-corrected chi connectivity index (χ2v) is 4.16. The lowest BCUT2D eigenvalue weighted by Crippen LogP contribution is -2.09. The lowest BCUT2D eigenvalue weighted by molar-refractivity contribution is -0.137. The number of carbonyl (C=O) groups is 1. The third-order valence-electron chi connectivity index (χ3n) is 2.48. The summed E-state index contributed by atoms with van der Waals surface area (Å²) in [5.74, 6) is -0.510. The van der Waals surface area contributed by atoms with Crippen LogP contribution in [0, 0.1) is 0 Å². The molecule has 0 radical (unpaired) electrons. The molecule has 0 spiro atoms. The fourth-order valence-electron chi connectivity index (χ4n) is 1.55. The van der Waals surface area contributed by atoms with Gasteiger partial charge < -0.3 is 0 Å². The number of rotatable bonds is 2. The Hall–Kier alpha value is -1.88. The number of carbonyl (C=O) groups excluding carboxylic acids is 1. The van der Waals surface area contributed by atoms with E-state index in [2.05, 4.69) is 4.98 Å². The van der Waals surface area contributed by atoms with Crippen molar-refractivity contribution in [2.24, 2.45) is 0 Å². The maximum atomic E-state index is 12.7. The number of halogens is 4. The average Bonchev–Trinajstić information content (AvgIpc) is 2.38. The van der Waals surface area contributed by atoms with E-state index < -0.39 is 22.5 Å². The number of benzene rings is 1. The summed E-state index contributed by atoms with van der Waals surface area (Å²) >= 11 is 5.49. The van der Waals surface area contributed by atoms with Gasteiger partial charge in [-0.25, -0.2) is 0 Å². The third kappa shape index (κ3) is 2.93. The van der Waals surface area contributed by atoms with Crippen molar-refractivity contribution in [3.05, 3.63) is 64.4 Å². The zero-order valence-electron chi connectivity index (χ0n) is 9.41. The van der Waals surface area contributed by atoms with Crippen molar-refractivity contribution in [2.75, 3.05) is 0 Å². The number of hydrogen-bond donors (Lipinski definition) is 0. The van der Waals surface area contributed by atoms with E-state index in [4.69, 9.17) is 11.6 Å². The Bertz CT molecular complexity index is 611. The van der Waals surface area contributed by atoms with Gasteiger partial charge in [0.2, 0.25) is 0 Å². The minimum absolute atomic E-state index is 0.0667. The first kappa shape index (κ1) is 13.5. The van der Waals surface area contributed by atoms with Crippen molar-refractivity contribution in [3.63, 3.8) is 0 Å². The predicted octanol–water partition coefficient (Wildman–Crippen LogP) is 3.98. The second-order valence-electron chi connectivity index (χ2n) is 3.76. The van der Waals surface area contributed by atoms with Crippen molar-refractivity contribution in [1.29, 1.82) is 0 Å². The topological polar surface area (TPSA) is 30.0 Å². The number of nitrogens with zero attached hydrogens (tertiary/aromatic N) is 1. The summed E-state index contributed by atoms with van der Waals surface area (Å²) in [6, 6.07) is 5.96. The largest absolute Gasteiger partial charge is 0.417 e. The molecule has 0 aliphatic carbocycles. The van der Waals surface area contributed by atoms with E-state index in [-0.39, 0.29) is 11.1 Å². The van der Waals surface area contributed by atoms with Gasteiger partial charge in [0.05, 0.1) is 10.6 Å². The molecule has 2 nitrogen and oxygen atoms in total. The molecule has 0 atom stereocenters. The first-order chi connectivity index (χ1) is 8.89. The Kier molecular flexibility index (Phi) is 3.57. The SMILES string of the molecule is O=C(c1ccncc1)c1ccc(Cl)c(C(F)(F)F)c1. The van der Waals surface area contributed by atoms with Crippen LogP contribution in [0.4, 0.5) is 13.2 Å². The Morgan fingerprint density at radius 1 is 1.05 bits per heavy atom. The van der Waals surface area contributed by atoms with Crippen LogP contribution in [0.25, 0.3) is 0 Å². The van der Waals surface area contributed by atoms with E-state index in [1.807, 2.05) is 0 Å². The number of pyridine rings is 1. The molecule has 0 fully saturated rings. The molecule has 0 saturated carbocycles. The van der Waals surface area contributed by atoms with Gasteiger partial charge in [0, 0.05) is 23.5 Å². The van der Waals surface area contributed by atoms with Crippen molar-refractivity contribution in [3.8, 4) is 0 Å². The van der Waals surface area contributed by atoms with E-state index >= 15 is 0 Å². The first-order valence-electron chi connectivity index (χ1n) is 5.21. The van der Waals surface area contributed by atoms with E-state index in [0.717, 1.165) is 12.1 Å². The summed E-state index contributed by atoms with van der Waals surface area (Å²) in [4.78, 5) is 15.7. The summed E-state index contributed by atoms with van der Waals surface area (Å²) in [6.07, 6.45) is -1.80. The molecular formula is C13H7ClF3NO. The highest BCUT2D eigenvalue weighted by Crippen LogP contribution is 2.35. The van der Waals surface area contributed by atoms with Gasteiger partial charge in [0.1, 0.15) is 0 Å². The van der Waals surface area contributed by atoms with Crippen LogP contribution in [0.1, 0.15) is 21.5 Å². The molecule has 0 bridgehead atoms. The van der Waals surface area contributed by atoms with Gasteiger partial charge >= 0.3 is 6.18 Å². The fraction of sp³-hybridized carbons (Fsp3) is 0.0769. The molecule has 6 heteroatoms. The monoisotopic (exact) mass is 285 g/mol. The molecule has 2 aromatic rings. The molecular weight excluding hydrogens is 279 g/mol. The standard InChI is InChI=1S/C13H7ClF3NO/c14-11-2-1-9(7-10(11)13(15,16)17)12(19)8-3-5-18-6-4-8/h1-7H. The predicted molar refractivity (Wildman–Crippen MR) is 64.1 cm³/mol. The van der Waals surface area contributed by atoms with Gasteiger partial charge in [-0.05, 0) is 30.3 Å².